The van der Waals surface area contributed by atoms with E-state index in [1.54, 1.807) is 16.2 Å². The molecule has 1 atom stereocenters. The molecule has 0 spiro atoms. The van der Waals surface area contributed by atoms with Gasteiger partial charge < -0.3 is 9.80 Å². The summed E-state index contributed by atoms with van der Waals surface area (Å²) in [6.07, 6.45) is 1.79. The molecule has 0 bridgehead atoms. The largest absolute Gasteiger partial charge is 0.330 e. The molecule has 3 aromatic rings. The van der Waals surface area contributed by atoms with Crippen LogP contribution in [0, 0.1) is 0 Å². The SMILES string of the molecule is CCc1ccc(C(=O)N(CC(=O)N2CCc3sccc3C2c2ccccc2)C(C)C)cc1. The first-order chi connectivity index (χ1) is 15.5. The molecule has 2 heterocycles. The Hall–Kier alpha value is -2.92. The van der Waals surface area contributed by atoms with Gasteiger partial charge in [-0.3, -0.25) is 9.59 Å². The van der Waals surface area contributed by atoms with Gasteiger partial charge >= 0.3 is 0 Å². The topological polar surface area (TPSA) is 40.6 Å². The maximum Gasteiger partial charge on any atom is 0.254 e. The molecule has 2 amide bonds. The molecule has 1 aliphatic rings. The van der Waals surface area contributed by atoms with Gasteiger partial charge in [-0.25, -0.2) is 0 Å². The maximum absolute atomic E-state index is 13.6. The average Bonchev–Trinajstić information content (AvgIpc) is 3.30. The second-order valence-electron chi connectivity index (χ2n) is 8.53. The van der Waals surface area contributed by atoms with Gasteiger partial charge in [-0.1, -0.05) is 49.4 Å². The van der Waals surface area contributed by atoms with Crippen LogP contribution < -0.4 is 0 Å². The number of hydrogen-bond donors (Lipinski definition) is 0. The number of carbonyl (C=O) groups is 2. The molecule has 0 radical (unpaired) electrons. The molecular formula is C27H30N2O2S. The molecule has 1 aromatic heterocycles. The van der Waals surface area contributed by atoms with Crippen LogP contribution in [0.2, 0.25) is 0 Å². The van der Waals surface area contributed by atoms with Crippen molar-refractivity contribution in [3.05, 3.63) is 93.2 Å². The number of rotatable bonds is 6. The molecule has 0 saturated carbocycles. The molecule has 32 heavy (non-hydrogen) atoms. The number of fused-ring (bicyclic) bond motifs is 1. The van der Waals surface area contributed by atoms with Gasteiger partial charge in [0.1, 0.15) is 6.54 Å². The van der Waals surface area contributed by atoms with E-state index in [2.05, 4.69) is 30.5 Å². The Bertz CT molecular complexity index is 1070. The van der Waals surface area contributed by atoms with Gasteiger partial charge in [-0.05, 0) is 67.0 Å². The minimum absolute atomic E-state index is 0.0112. The maximum atomic E-state index is 13.6. The number of hydrogen-bond acceptors (Lipinski definition) is 3. The smallest absolute Gasteiger partial charge is 0.254 e. The fraction of sp³-hybridized carbons (Fsp3) is 0.333. The average molecular weight is 447 g/mol. The Kier molecular flexibility index (Phi) is 6.75. The summed E-state index contributed by atoms with van der Waals surface area (Å²) < 4.78 is 0. The quantitative estimate of drug-likeness (QED) is 0.513. The molecule has 0 fully saturated rings. The molecule has 0 N–H and O–H groups in total. The molecule has 4 rings (SSSR count). The number of thiophene rings is 1. The Morgan fingerprint density at radius 1 is 1.06 bits per heavy atom. The van der Waals surface area contributed by atoms with Gasteiger partial charge in [0.2, 0.25) is 5.91 Å². The third-order valence-electron chi connectivity index (χ3n) is 6.20. The van der Waals surface area contributed by atoms with Crippen LogP contribution in [0.3, 0.4) is 0 Å². The third kappa shape index (κ3) is 4.49. The lowest BCUT2D eigenvalue weighted by molar-refractivity contribution is -0.134. The van der Waals surface area contributed by atoms with Crippen LogP contribution in [0.25, 0.3) is 0 Å². The molecule has 166 valence electrons. The van der Waals surface area contributed by atoms with Crippen LogP contribution in [0.15, 0.2) is 66.0 Å². The van der Waals surface area contributed by atoms with E-state index in [-0.39, 0.29) is 30.4 Å². The number of benzene rings is 2. The Morgan fingerprint density at radius 3 is 2.44 bits per heavy atom. The third-order valence-corrected chi connectivity index (χ3v) is 7.20. The van der Waals surface area contributed by atoms with Crippen LogP contribution in [0.5, 0.6) is 0 Å². The first kappa shape index (κ1) is 22.3. The van der Waals surface area contributed by atoms with Gasteiger partial charge in [-0.15, -0.1) is 11.3 Å². The zero-order valence-electron chi connectivity index (χ0n) is 19.0. The fourth-order valence-corrected chi connectivity index (χ4v) is 5.26. The van der Waals surface area contributed by atoms with Crippen LogP contribution >= 0.6 is 11.3 Å². The highest BCUT2D eigenvalue weighted by Crippen LogP contribution is 2.37. The van der Waals surface area contributed by atoms with Crippen molar-refractivity contribution in [1.82, 2.24) is 9.80 Å². The van der Waals surface area contributed by atoms with E-state index >= 15 is 0 Å². The second-order valence-corrected chi connectivity index (χ2v) is 9.53. The number of carbonyl (C=O) groups excluding carboxylic acids is 2. The van der Waals surface area contributed by atoms with Gasteiger partial charge in [0.15, 0.2) is 0 Å². The summed E-state index contributed by atoms with van der Waals surface area (Å²) in [6.45, 7) is 6.77. The van der Waals surface area contributed by atoms with E-state index in [1.165, 1.54) is 16.0 Å². The summed E-state index contributed by atoms with van der Waals surface area (Å²) in [5.74, 6) is -0.108. The minimum Gasteiger partial charge on any atom is -0.330 e. The Morgan fingerprint density at radius 2 is 1.78 bits per heavy atom. The number of aryl methyl sites for hydroxylation is 1. The molecular weight excluding hydrogens is 416 g/mol. The zero-order chi connectivity index (χ0) is 22.7. The molecule has 4 nitrogen and oxygen atoms in total. The monoisotopic (exact) mass is 446 g/mol. The van der Waals surface area contributed by atoms with Crippen LogP contribution in [0.1, 0.15) is 58.7 Å². The highest BCUT2D eigenvalue weighted by molar-refractivity contribution is 7.10. The summed E-state index contributed by atoms with van der Waals surface area (Å²) in [4.78, 5) is 31.9. The van der Waals surface area contributed by atoms with Crippen LogP contribution in [-0.2, 0) is 17.6 Å². The molecule has 0 aliphatic carbocycles. The minimum atomic E-state index is -0.105. The van der Waals surface area contributed by atoms with E-state index in [4.69, 9.17) is 0 Å². The zero-order valence-corrected chi connectivity index (χ0v) is 19.8. The van der Waals surface area contributed by atoms with Crippen molar-refractivity contribution in [3.63, 3.8) is 0 Å². The van der Waals surface area contributed by atoms with Crippen molar-refractivity contribution in [2.75, 3.05) is 13.1 Å². The summed E-state index contributed by atoms with van der Waals surface area (Å²) in [7, 11) is 0. The normalized spacial score (nSPS) is 15.5. The summed E-state index contributed by atoms with van der Waals surface area (Å²) in [6, 6.07) is 19.9. The summed E-state index contributed by atoms with van der Waals surface area (Å²) in [5.41, 5.74) is 4.14. The van der Waals surface area contributed by atoms with Crippen molar-refractivity contribution in [1.29, 1.82) is 0 Å². The van der Waals surface area contributed by atoms with E-state index < -0.39 is 0 Å². The van der Waals surface area contributed by atoms with Crippen molar-refractivity contribution in [2.24, 2.45) is 0 Å². The van der Waals surface area contributed by atoms with E-state index in [0.717, 1.165) is 18.4 Å². The Balaban J connectivity index is 1.59. The lowest BCUT2D eigenvalue weighted by Gasteiger charge is -2.38. The van der Waals surface area contributed by atoms with E-state index in [9.17, 15) is 9.59 Å². The summed E-state index contributed by atoms with van der Waals surface area (Å²) >= 11 is 1.76. The lowest BCUT2D eigenvalue weighted by Crippen LogP contribution is -2.48. The summed E-state index contributed by atoms with van der Waals surface area (Å²) in [5, 5.41) is 2.11. The molecule has 0 saturated heterocycles. The Labute approximate surface area is 194 Å². The van der Waals surface area contributed by atoms with Crippen molar-refractivity contribution < 1.29 is 9.59 Å². The number of amides is 2. The van der Waals surface area contributed by atoms with Gasteiger partial charge in [-0.2, -0.15) is 0 Å². The molecule has 1 unspecified atom stereocenters. The van der Waals surface area contributed by atoms with Crippen LogP contribution in [0.4, 0.5) is 0 Å². The highest BCUT2D eigenvalue weighted by Gasteiger charge is 2.34. The first-order valence-corrected chi connectivity index (χ1v) is 12.2. The first-order valence-electron chi connectivity index (χ1n) is 11.3. The molecule has 5 heteroatoms. The van der Waals surface area contributed by atoms with Crippen LogP contribution in [-0.4, -0.2) is 40.7 Å². The van der Waals surface area contributed by atoms with Gasteiger partial charge in [0.05, 0.1) is 6.04 Å². The fourth-order valence-electron chi connectivity index (χ4n) is 4.35. The van der Waals surface area contributed by atoms with Crippen molar-refractivity contribution in [3.8, 4) is 0 Å². The molecule has 2 aromatic carbocycles. The predicted octanol–water partition coefficient (Wildman–Crippen LogP) is 5.34. The van der Waals surface area contributed by atoms with Crippen molar-refractivity contribution >= 4 is 23.2 Å². The van der Waals surface area contributed by atoms with E-state index in [1.807, 2.05) is 61.2 Å². The van der Waals surface area contributed by atoms with Crippen molar-refractivity contribution in [2.45, 2.75) is 45.7 Å². The second kappa shape index (κ2) is 9.70. The van der Waals surface area contributed by atoms with Gasteiger partial charge in [0.25, 0.3) is 5.91 Å². The lowest BCUT2D eigenvalue weighted by atomic mass is 9.93. The molecule has 1 aliphatic heterocycles. The number of nitrogens with zero attached hydrogens (tertiary/aromatic N) is 2. The highest BCUT2D eigenvalue weighted by atomic mass is 32.1. The standard InChI is InChI=1S/C27H30N2O2S/c1-4-20-10-12-22(13-11-20)27(31)29(19(2)3)18-25(30)28-16-14-24-23(15-17-32-24)26(28)21-8-6-5-7-9-21/h5-13,15,17,19,26H,4,14,16,18H2,1-3H3. The van der Waals surface area contributed by atoms with E-state index in [0.29, 0.717) is 12.1 Å². The predicted molar refractivity (Wildman–Crippen MR) is 130 cm³/mol. The van der Waals surface area contributed by atoms with Gasteiger partial charge in [0, 0.05) is 23.0 Å².